The van der Waals surface area contributed by atoms with E-state index in [9.17, 15) is 4.79 Å². The number of hydrogen-bond acceptors (Lipinski definition) is 5. The number of carbonyl (C=O) groups excluding carboxylic acids is 1. The van der Waals surface area contributed by atoms with Crippen molar-refractivity contribution in [2.75, 3.05) is 13.1 Å². The number of carbonyl (C=O) groups is 1. The maximum Gasteiger partial charge on any atom is 0.317 e. The summed E-state index contributed by atoms with van der Waals surface area (Å²) in [5.41, 5.74) is 2.93. The van der Waals surface area contributed by atoms with Gasteiger partial charge in [0.05, 0.1) is 17.4 Å². The summed E-state index contributed by atoms with van der Waals surface area (Å²) < 4.78 is 7.29. The van der Waals surface area contributed by atoms with Crippen molar-refractivity contribution in [3.05, 3.63) is 40.5 Å². The minimum atomic E-state index is -0.0245. The summed E-state index contributed by atoms with van der Waals surface area (Å²) in [6.07, 6.45) is 6.69. The molecular weight excluding hydrogens is 338 g/mol. The highest BCUT2D eigenvalue weighted by molar-refractivity contribution is 7.15. The van der Waals surface area contributed by atoms with Gasteiger partial charge in [0.25, 0.3) is 0 Å². The zero-order valence-electron chi connectivity index (χ0n) is 14.4. The van der Waals surface area contributed by atoms with Crippen molar-refractivity contribution < 1.29 is 9.32 Å². The molecule has 1 saturated heterocycles. The van der Waals surface area contributed by atoms with Crippen LogP contribution in [0.1, 0.15) is 41.6 Å². The molecule has 1 atom stereocenters. The summed E-state index contributed by atoms with van der Waals surface area (Å²) >= 11 is 1.61. The normalized spacial score (nSPS) is 17.5. The van der Waals surface area contributed by atoms with Crippen LogP contribution in [0, 0.1) is 13.8 Å². The van der Waals surface area contributed by atoms with Crippen molar-refractivity contribution >= 4 is 22.3 Å². The van der Waals surface area contributed by atoms with Crippen LogP contribution in [0.4, 0.5) is 4.79 Å². The third-order valence-corrected chi connectivity index (χ3v) is 5.51. The molecule has 2 amide bonds. The largest absolute Gasteiger partial charge is 0.361 e. The molecule has 4 heterocycles. The average molecular weight is 359 g/mol. The molecule has 1 aliphatic rings. The number of aromatic nitrogens is 3. The summed E-state index contributed by atoms with van der Waals surface area (Å²) in [6.45, 7) is 5.19. The van der Waals surface area contributed by atoms with Crippen molar-refractivity contribution in [3.63, 3.8) is 0 Å². The minimum Gasteiger partial charge on any atom is -0.361 e. The molecule has 1 aliphatic heterocycles. The van der Waals surface area contributed by atoms with E-state index in [1.165, 1.54) is 0 Å². The molecule has 0 unspecified atom stereocenters. The zero-order valence-corrected chi connectivity index (χ0v) is 15.2. The standard InChI is InChI=1S/C17H21N5O2S/c1-11-15(12(2)24-20-11)14-4-3-7-22(14)16(23)18-6-5-13-10-21-8-9-25-17(21)19-13/h8-10,14H,3-7H2,1-2H3,(H,18,23)/t14-/m0/s1. The fraction of sp³-hybridized carbons (Fsp3) is 0.471. The highest BCUT2D eigenvalue weighted by atomic mass is 32.1. The number of hydrogen-bond donors (Lipinski definition) is 1. The van der Waals surface area contributed by atoms with Gasteiger partial charge in [0.2, 0.25) is 0 Å². The van der Waals surface area contributed by atoms with E-state index in [4.69, 9.17) is 4.52 Å². The first-order valence-electron chi connectivity index (χ1n) is 8.52. The lowest BCUT2D eigenvalue weighted by molar-refractivity contribution is 0.192. The van der Waals surface area contributed by atoms with Crippen LogP contribution in [0.2, 0.25) is 0 Å². The lowest BCUT2D eigenvalue weighted by atomic mass is 10.0. The lowest BCUT2D eigenvalue weighted by Gasteiger charge is -2.25. The van der Waals surface area contributed by atoms with E-state index in [2.05, 4.69) is 15.5 Å². The summed E-state index contributed by atoms with van der Waals surface area (Å²) in [4.78, 5) is 20.1. The molecule has 3 aromatic heterocycles. The first kappa shape index (κ1) is 16.1. The van der Waals surface area contributed by atoms with Gasteiger partial charge in [-0.05, 0) is 26.7 Å². The number of imidazole rings is 1. The van der Waals surface area contributed by atoms with E-state index in [1.807, 2.05) is 40.9 Å². The second-order valence-corrected chi connectivity index (χ2v) is 7.27. The number of amides is 2. The molecule has 1 fully saturated rings. The topological polar surface area (TPSA) is 75.7 Å². The Morgan fingerprint density at radius 3 is 3.12 bits per heavy atom. The van der Waals surface area contributed by atoms with Gasteiger partial charge in [0, 0.05) is 42.8 Å². The highest BCUT2D eigenvalue weighted by Crippen LogP contribution is 2.35. The first-order chi connectivity index (χ1) is 12.1. The van der Waals surface area contributed by atoms with Gasteiger partial charge in [-0.25, -0.2) is 9.78 Å². The summed E-state index contributed by atoms with van der Waals surface area (Å²) in [5, 5.41) is 9.07. The fourth-order valence-corrected chi connectivity index (χ4v) is 4.29. The second kappa shape index (κ2) is 6.51. The number of aryl methyl sites for hydroxylation is 2. The van der Waals surface area contributed by atoms with Gasteiger partial charge in [-0.2, -0.15) is 0 Å². The Kier molecular flexibility index (Phi) is 4.20. The highest BCUT2D eigenvalue weighted by Gasteiger charge is 2.33. The van der Waals surface area contributed by atoms with Gasteiger partial charge in [-0.15, -0.1) is 11.3 Å². The van der Waals surface area contributed by atoms with E-state index >= 15 is 0 Å². The molecule has 0 bridgehead atoms. The van der Waals surface area contributed by atoms with Gasteiger partial charge < -0.3 is 14.7 Å². The molecule has 0 radical (unpaired) electrons. The monoisotopic (exact) mass is 359 g/mol. The Morgan fingerprint density at radius 2 is 2.36 bits per heavy atom. The van der Waals surface area contributed by atoms with E-state index in [1.54, 1.807) is 11.3 Å². The zero-order chi connectivity index (χ0) is 17.4. The van der Waals surface area contributed by atoms with Crippen LogP contribution in [-0.4, -0.2) is 38.6 Å². The van der Waals surface area contributed by atoms with Crippen LogP contribution >= 0.6 is 11.3 Å². The summed E-state index contributed by atoms with van der Waals surface area (Å²) in [7, 11) is 0. The molecule has 3 aromatic rings. The summed E-state index contributed by atoms with van der Waals surface area (Å²) in [6, 6.07) is 0.0349. The van der Waals surface area contributed by atoms with E-state index in [-0.39, 0.29) is 12.1 Å². The molecule has 0 aromatic carbocycles. The quantitative estimate of drug-likeness (QED) is 0.777. The molecule has 1 N–H and O–H groups in total. The lowest BCUT2D eigenvalue weighted by Crippen LogP contribution is -2.40. The Hall–Kier alpha value is -2.35. The Morgan fingerprint density at radius 1 is 1.48 bits per heavy atom. The van der Waals surface area contributed by atoms with Gasteiger partial charge in [0.1, 0.15) is 5.76 Å². The molecular formula is C17H21N5O2S. The molecule has 7 nitrogen and oxygen atoms in total. The number of nitrogens with one attached hydrogen (secondary N) is 1. The predicted molar refractivity (Wildman–Crippen MR) is 94.8 cm³/mol. The molecule has 4 rings (SSSR count). The third kappa shape index (κ3) is 3.02. The van der Waals surface area contributed by atoms with Crippen LogP contribution < -0.4 is 5.32 Å². The third-order valence-electron chi connectivity index (χ3n) is 4.74. The van der Waals surface area contributed by atoms with Crippen LogP contribution in [0.15, 0.2) is 22.3 Å². The van der Waals surface area contributed by atoms with Gasteiger partial charge in [-0.3, -0.25) is 4.40 Å². The number of urea groups is 1. The number of fused-ring (bicyclic) bond motifs is 1. The average Bonchev–Trinajstić information content (AvgIpc) is 3.31. The van der Waals surface area contributed by atoms with Crippen molar-refractivity contribution in [1.29, 1.82) is 0 Å². The number of nitrogens with zero attached hydrogens (tertiary/aromatic N) is 4. The summed E-state index contributed by atoms with van der Waals surface area (Å²) in [5.74, 6) is 0.806. The van der Waals surface area contributed by atoms with Crippen molar-refractivity contribution in [2.45, 2.75) is 39.2 Å². The number of rotatable bonds is 4. The molecule has 0 spiro atoms. The van der Waals surface area contributed by atoms with Gasteiger partial charge >= 0.3 is 6.03 Å². The van der Waals surface area contributed by atoms with Gasteiger partial charge in [0.15, 0.2) is 4.96 Å². The van der Waals surface area contributed by atoms with Crippen LogP contribution in [0.3, 0.4) is 0 Å². The molecule has 25 heavy (non-hydrogen) atoms. The van der Waals surface area contributed by atoms with E-state index in [0.717, 1.165) is 53.5 Å². The predicted octanol–water partition coefficient (Wildman–Crippen LogP) is 3.09. The maximum atomic E-state index is 12.6. The molecule has 0 aliphatic carbocycles. The van der Waals surface area contributed by atoms with Crippen molar-refractivity contribution in [3.8, 4) is 0 Å². The number of thiazole rings is 1. The van der Waals surface area contributed by atoms with Gasteiger partial charge in [-0.1, -0.05) is 5.16 Å². The van der Waals surface area contributed by atoms with E-state index < -0.39 is 0 Å². The van der Waals surface area contributed by atoms with Crippen molar-refractivity contribution in [1.82, 2.24) is 24.8 Å². The minimum absolute atomic E-state index is 0.0245. The molecule has 132 valence electrons. The maximum absolute atomic E-state index is 12.6. The van der Waals surface area contributed by atoms with E-state index in [0.29, 0.717) is 6.54 Å². The fourth-order valence-electron chi connectivity index (χ4n) is 3.57. The SMILES string of the molecule is Cc1noc(C)c1[C@@H]1CCCN1C(=O)NCCc1cn2ccsc2n1. The van der Waals surface area contributed by atoms with Crippen molar-refractivity contribution in [2.24, 2.45) is 0 Å². The Bertz CT molecular complexity index is 848. The first-order valence-corrected chi connectivity index (χ1v) is 9.40. The smallest absolute Gasteiger partial charge is 0.317 e. The second-order valence-electron chi connectivity index (χ2n) is 6.40. The van der Waals surface area contributed by atoms with Crippen LogP contribution in [0.25, 0.3) is 4.96 Å². The Labute approximate surface area is 149 Å². The van der Waals surface area contributed by atoms with Crippen LogP contribution in [0.5, 0.6) is 0 Å². The van der Waals surface area contributed by atoms with Crippen LogP contribution in [-0.2, 0) is 6.42 Å². The Balaban J connectivity index is 1.37. The molecule has 8 heteroatoms. The number of likely N-dealkylation sites (tertiary alicyclic amines) is 1. The molecule has 0 saturated carbocycles.